The van der Waals surface area contributed by atoms with Crippen LogP contribution in [-0.2, 0) is 5.41 Å². The van der Waals surface area contributed by atoms with Gasteiger partial charge in [-0.3, -0.25) is 0 Å². The minimum Gasteiger partial charge on any atom is -0.236 e. The first-order chi connectivity index (χ1) is 17.1. The SMILES string of the molecule is CCCCCC(CCC)C1(c2ccc(-c3cnc(-c4ccc(F)c(F)c4)nc3)cc2)CCCCC1. The van der Waals surface area contributed by atoms with Crippen molar-refractivity contribution in [2.45, 2.75) is 89.9 Å². The fraction of sp³-hybridized carbons (Fsp3) is 0.484. The van der Waals surface area contributed by atoms with Gasteiger partial charge < -0.3 is 0 Å². The van der Waals surface area contributed by atoms with Crippen LogP contribution in [-0.4, -0.2) is 9.97 Å². The molecule has 0 spiro atoms. The van der Waals surface area contributed by atoms with Crippen LogP contribution < -0.4 is 0 Å². The van der Waals surface area contributed by atoms with Gasteiger partial charge in [0, 0.05) is 23.5 Å². The third-order valence-corrected chi connectivity index (χ3v) is 7.94. The zero-order valence-corrected chi connectivity index (χ0v) is 21.2. The molecule has 35 heavy (non-hydrogen) atoms. The van der Waals surface area contributed by atoms with Gasteiger partial charge in [0.2, 0.25) is 0 Å². The molecule has 1 heterocycles. The third-order valence-electron chi connectivity index (χ3n) is 7.94. The molecule has 2 aromatic carbocycles. The quantitative estimate of drug-likeness (QED) is 0.272. The second kappa shape index (κ2) is 11.9. The molecule has 0 amide bonds. The summed E-state index contributed by atoms with van der Waals surface area (Å²) in [7, 11) is 0. The predicted molar refractivity (Wildman–Crippen MR) is 140 cm³/mol. The van der Waals surface area contributed by atoms with E-state index < -0.39 is 11.6 Å². The Morgan fingerprint density at radius 2 is 1.43 bits per heavy atom. The van der Waals surface area contributed by atoms with E-state index in [1.165, 1.54) is 82.3 Å². The molecule has 0 bridgehead atoms. The van der Waals surface area contributed by atoms with Crippen molar-refractivity contribution in [3.63, 3.8) is 0 Å². The average Bonchev–Trinajstić information content (AvgIpc) is 2.90. The van der Waals surface area contributed by atoms with E-state index in [0.29, 0.717) is 16.8 Å². The lowest BCUT2D eigenvalue weighted by molar-refractivity contribution is 0.166. The van der Waals surface area contributed by atoms with Crippen LogP contribution in [0.5, 0.6) is 0 Å². The van der Waals surface area contributed by atoms with E-state index in [0.717, 1.165) is 29.2 Å². The van der Waals surface area contributed by atoms with E-state index >= 15 is 0 Å². The molecular formula is C31H38F2N2. The molecule has 1 aromatic heterocycles. The van der Waals surface area contributed by atoms with Crippen molar-refractivity contribution in [1.82, 2.24) is 9.97 Å². The Bertz CT molecular complexity index is 1070. The van der Waals surface area contributed by atoms with Gasteiger partial charge in [0.15, 0.2) is 17.5 Å². The molecule has 2 nitrogen and oxygen atoms in total. The summed E-state index contributed by atoms with van der Waals surface area (Å²) in [5, 5.41) is 0. The fourth-order valence-corrected chi connectivity index (χ4v) is 6.06. The van der Waals surface area contributed by atoms with Crippen molar-refractivity contribution >= 4 is 0 Å². The van der Waals surface area contributed by atoms with Gasteiger partial charge in [0.05, 0.1) is 0 Å². The van der Waals surface area contributed by atoms with Crippen LogP contribution in [0.15, 0.2) is 54.9 Å². The van der Waals surface area contributed by atoms with Crippen LogP contribution in [0.2, 0.25) is 0 Å². The second-order valence-electron chi connectivity index (χ2n) is 10.2. The van der Waals surface area contributed by atoms with Crippen LogP contribution in [0.4, 0.5) is 8.78 Å². The molecule has 0 saturated heterocycles. The Kier molecular flexibility index (Phi) is 8.64. The molecule has 3 aromatic rings. The minimum atomic E-state index is -0.890. The first-order valence-corrected chi connectivity index (χ1v) is 13.5. The monoisotopic (exact) mass is 476 g/mol. The number of unbranched alkanes of at least 4 members (excludes halogenated alkanes) is 2. The Balaban J connectivity index is 1.57. The van der Waals surface area contributed by atoms with Crippen LogP contribution in [0, 0.1) is 17.6 Å². The van der Waals surface area contributed by atoms with E-state index in [9.17, 15) is 8.78 Å². The molecule has 1 atom stereocenters. The summed E-state index contributed by atoms with van der Waals surface area (Å²) in [6.45, 7) is 4.62. The highest BCUT2D eigenvalue weighted by molar-refractivity contribution is 5.64. The second-order valence-corrected chi connectivity index (χ2v) is 10.2. The Morgan fingerprint density at radius 1 is 0.743 bits per heavy atom. The number of hydrogen-bond acceptors (Lipinski definition) is 2. The Labute approximate surface area is 209 Å². The van der Waals surface area contributed by atoms with Crippen molar-refractivity contribution in [3.8, 4) is 22.5 Å². The van der Waals surface area contributed by atoms with Crippen molar-refractivity contribution in [2.24, 2.45) is 5.92 Å². The van der Waals surface area contributed by atoms with Crippen molar-refractivity contribution in [2.75, 3.05) is 0 Å². The molecule has 4 rings (SSSR count). The average molecular weight is 477 g/mol. The lowest BCUT2D eigenvalue weighted by Crippen LogP contribution is -2.37. The smallest absolute Gasteiger partial charge is 0.159 e. The molecule has 0 radical (unpaired) electrons. The first kappa shape index (κ1) is 25.5. The van der Waals surface area contributed by atoms with Gasteiger partial charge in [-0.15, -0.1) is 0 Å². The molecule has 4 heteroatoms. The van der Waals surface area contributed by atoms with Crippen molar-refractivity contribution < 1.29 is 8.78 Å². The highest BCUT2D eigenvalue weighted by Gasteiger charge is 2.40. The van der Waals surface area contributed by atoms with Gasteiger partial charge in [0.25, 0.3) is 0 Å². The summed E-state index contributed by atoms with van der Waals surface area (Å²) in [6, 6.07) is 12.8. The molecule has 1 aliphatic rings. The lowest BCUT2D eigenvalue weighted by Gasteiger charge is -2.45. The molecule has 1 unspecified atom stereocenters. The van der Waals surface area contributed by atoms with Crippen LogP contribution in [0.1, 0.15) is 90.0 Å². The first-order valence-electron chi connectivity index (χ1n) is 13.5. The zero-order chi connectivity index (χ0) is 24.7. The Hall–Kier alpha value is -2.62. The summed E-state index contributed by atoms with van der Waals surface area (Å²) < 4.78 is 26.8. The number of nitrogens with zero attached hydrogens (tertiary/aromatic N) is 2. The number of rotatable bonds is 10. The molecule has 0 N–H and O–H groups in total. The number of hydrogen-bond donors (Lipinski definition) is 0. The van der Waals surface area contributed by atoms with Gasteiger partial charge >= 0.3 is 0 Å². The number of benzene rings is 2. The third kappa shape index (κ3) is 5.79. The standard InChI is InChI=1S/C31H38F2N2/c1-3-5-7-11-26(10-4-2)31(18-8-6-9-19-31)27-15-12-23(13-16-27)25-21-34-30(35-22-25)24-14-17-28(32)29(33)20-24/h12-17,20-22,26H,3-11,18-19H2,1-2H3. The molecule has 186 valence electrons. The molecule has 1 fully saturated rings. The van der Waals surface area contributed by atoms with Crippen LogP contribution in [0.25, 0.3) is 22.5 Å². The summed E-state index contributed by atoms with van der Waals surface area (Å²) in [6.07, 6.45) is 18.0. The highest BCUT2D eigenvalue weighted by atomic mass is 19.2. The van der Waals surface area contributed by atoms with E-state index in [4.69, 9.17) is 0 Å². The maximum Gasteiger partial charge on any atom is 0.159 e. The van der Waals surface area contributed by atoms with Gasteiger partial charge in [-0.2, -0.15) is 0 Å². The summed E-state index contributed by atoms with van der Waals surface area (Å²) in [5.74, 6) is -0.616. The minimum absolute atomic E-state index is 0.299. The normalized spacial score (nSPS) is 16.2. The van der Waals surface area contributed by atoms with Crippen molar-refractivity contribution in [1.29, 1.82) is 0 Å². The lowest BCUT2D eigenvalue weighted by atomic mass is 9.59. The van der Waals surface area contributed by atoms with Crippen LogP contribution in [0.3, 0.4) is 0 Å². The number of aromatic nitrogens is 2. The largest absolute Gasteiger partial charge is 0.236 e. The van der Waals surface area contributed by atoms with E-state index in [2.05, 4.69) is 48.1 Å². The number of halogens is 2. The molecule has 1 saturated carbocycles. The van der Waals surface area contributed by atoms with E-state index in [1.807, 2.05) is 0 Å². The van der Waals surface area contributed by atoms with Gasteiger partial charge in [-0.05, 0) is 66.3 Å². The highest BCUT2D eigenvalue weighted by Crippen LogP contribution is 2.49. The topological polar surface area (TPSA) is 25.8 Å². The van der Waals surface area contributed by atoms with E-state index in [1.54, 1.807) is 12.4 Å². The summed E-state index contributed by atoms with van der Waals surface area (Å²) in [5.41, 5.74) is 4.27. The van der Waals surface area contributed by atoms with Crippen molar-refractivity contribution in [3.05, 3.63) is 72.1 Å². The molecular weight excluding hydrogens is 438 g/mol. The predicted octanol–water partition coefficient (Wildman–Crippen LogP) is 9.29. The molecule has 1 aliphatic carbocycles. The van der Waals surface area contributed by atoms with Gasteiger partial charge in [-0.1, -0.05) is 83.1 Å². The van der Waals surface area contributed by atoms with Gasteiger partial charge in [-0.25, -0.2) is 18.7 Å². The zero-order valence-electron chi connectivity index (χ0n) is 21.2. The van der Waals surface area contributed by atoms with Crippen LogP contribution >= 0.6 is 0 Å². The summed E-state index contributed by atoms with van der Waals surface area (Å²) >= 11 is 0. The maximum absolute atomic E-state index is 13.6. The molecule has 0 aliphatic heterocycles. The van der Waals surface area contributed by atoms with E-state index in [-0.39, 0.29) is 0 Å². The van der Waals surface area contributed by atoms with Gasteiger partial charge in [0.1, 0.15) is 0 Å². The summed E-state index contributed by atoms with van der Waals surface area (Å²) in [4.78, 5) is 8.83. The Morgan fingerprint density at radius 3 is 2.06 bits per heavy atom. The fourth-order valence-electron chi connectivity index (χ4n) is 6.06. The maximum atomic E-state index is 13.6.